The van der Waals surface area contributed by atoms with Crippen molar-refractivity contribution < 1.29 is 4.74 Å². The zero-order valence-electron chi connectivity index (χ0n) is 10.4. The molecule has 1 unspecified atom stereocenters. The summed E-state index contributed by atoms with van der Waals surface area (Å²) in [7, 11) is 0. The Balaban J connectivity index is 2.38. The van der Waals surface area contributed by atoms with Crippen LogP contribution in [0.3, 0.4) is 0 Å². The van der Waals surface area contributed by atoms with Crippen LogP contribution < -0.4 is 0 Å². The summed E-state index contributed by atoms with van der Waals surface area (Å²) in [5.74, 6) is 0. The Labute approximate surface area is 94.2 Å². The third-order valence-electron chi connectivity index (χ3n) is 2.89. The summed E-state index contributed by atoms with van der Waals surface area (Å²) < 4.78 is 5.91. The van der Waals surface area contributed by atoms with E-state index in [1.807, 2.05) is 0 Å². The van der Waals surface area contributed by atoms with Gasteiger partial charge in [-0.3, -0.25) is 0 Å². The second kappa shape index (κ2) is 6.12. The average molecular weight is 208 g/mol. The lowest BCUT2D eigenvalue weighted by atomic mass is 9.92. The van der Waals surface area contributed by atoms with Gasteiger partial charge in [0.25, 0.3) is 0 Å². The maximum absolute atomic E-state index is 5.91. The van der Waals surface area contributed by atoms with Gasteiger partial charge in [0, 0.05) is 6.61 Å². The Morgan fingerprint density at radius 1 is 1.33 bits per heavy atom. The van der Waals surface area contributed by atoms with E-state index in [1.165, 1.54) is 24.8 Å². The lowest BCUT2D eigenvalue weighted by Gasteiger charge is -2.28. The van der Waals surface area contributed by atoms with Crippen LogP contribution in [-0.2, 0) is 4.74 Å². The second-order valence-electron chi connectivity index (χ2n) is 4.58. The van der Waals surface area contributed by atoms with Gasteiger partial charge in [0.2, 0.25) is 0 Å². The van der Waals surface area contributed by atoms with Crippen LogP contribution in [0.2, 0.25) is 0 Å². The molecule has 1 heteroatoms. The fourth-order valence-electron chi connectivity index (χ4n) is 1.78. The normalized spacial score (nSPS) is 25.4. The van der Waals surface area contributed by atoms with Gasteiger partial charge in [0.15, 0.2) is 0 Å². The fourth-order valence-corrected chi connectivity index (χ4v) is 1.78. The number of hydrogen-bond acceptors (Lipinski definition) is 1. The molecule has 0 spiro atoms. The molecule has 1 aliphatic carbocycles. The summed E-state index contributed by atoms with van der Waals surface area (Å²) in [5.41, 5.74) is 1.42. The lowest BCUT2D eigenvalue weighted by molar-refractivity contribution is 0.00521. The molecule has 0 saturated carbocycles. The molecule has 0 fully saturated rings. The molecule has 1 aliphatic rings. The summed E-state index contributed by atoms with van der Waals surface area (Å²) in [4.78, 5) is 0. The lowest BCUT2D eigenvalue weighted by Crippen LogP contribution is -2.27. The highest BCUT2D eigenvalue weighted by molar-refractivity contribution is 5.27. The van der Waals surface area contributed by atoms with Crippen molar-refractivity contribution in [3.63, 3.8) is 0 Å². The average Bonchev–Trinajstić information content (AvgIpc) is 2.23. The van der Waals surface area contributed by atoms with E-state index in [2.05, 4.69) is 39.0 Å². The smallest absolute Gasteiger partial charge is 0.0872 e. The van der Waals surface area contributed by atoms with Crippen molar-refractivity contribution in [2.24, 2.45) is 0 Å². The standard InChI is InChI=1S/C14H24O/c1-4-6-12-15-14(3)10-8-13(7-5-2)9-11-14/h8-10H,4-7,11-12H2,1-3H3. The van der Waals surface area contributed by atoms with Crippen LogP contribution in [-0.4, -0.2) is 12.2 Å². The Bertz CT molecular complexity index is 240. The van der Waals surface area contributed by atoms with Crippen molar-refractivity contribution in [2.75, 3.05) is 6.61 Å². The molecule has 0 bridgehead atoms. The van der Waals surface area contributed by atoms with Crippen molar-refractivity contribution in [2.45, 2.75) is 58.5 Å². The van der Waals surface area contributed by atoms with Crippen molar-refractivity contribution in [1.82, 2.24) is 0 Å². The Kier molecular flexibility index (Phi) is 5.10. The predicted molar refractivity (Wildman–Crippen MR) is 66.0 cm³/mol. The van der Waals surface area contributed by atoms with Crippen molar-refractivity contribution >= 4 is 0 Å². The van der Waals surface area contributed by atoms with Crippen LogP contribution in [0, 0.1) is 0 Å². The summed E-state index contributed by atoms with van der Waals surface area (Å²) >= 11 is 0. The molecule has 0 radical (unpaired) electrons. The molecule has 86 valence electrons. The van der Waals surface area contributed by atoms with Gasteiger partial charge in [-0.1, -0.05) is 50.5 Å². The van der Waals surface area contributed by atoms with Gasteiger partial charge in [0.1, 0.15) is 0 Å². The van der Waals surface area contributed by atoms with Gasteiger partial charge >= 0.3 is 0 Å². The summed E-state index contributed by atoms with van der Waals surface area (Å²) in [6, 6.07) is 0. The third-order valence-corrected chi connectivity index (χ3v) is 2.89. The maximum atomic E-state index is 5.91. The van der Waals surface area contributed by atoms with E-state index >= 15 is 0 Å². The van der Waals surface area contributed by atoms with Crippen LogP contribution >= 0.6 is 0 Å². The van der Waals surface area contributed by atoms with E-state index in [0.717, 1.165) is 19.4 Å². The molecule has 0 aliphatic heterocycles. The van der Waals surface area contributed by atoms with Crippen LogP contribution in [0.5, 0.6) is 0 Å². The van der Waals surface area contributed by atoms with Crippen molar-refractivity contribution in [1.29, 1.82) is 0 Å². The number of allylic oxidation sites excluding steroid dienone is 2. The molecule has 0 amide bonds. The first-order valence-electron chi connectivity index (χ1n) is 6.22. The van der Waals surface area contributed by atoms with E-state index in [-0.39, 0.29) is 5.60 Å². The Morgan fingerprint density at radius 3 is 2.67 bits per heavy atom. The van der Waals surface area contributed by atoms with E-state index in [9.17, 15) is 0 Å². The summed E-state index contributed by atoms with van der Waals surface area (Å²) in [6.45, 7) is 7.48. The molecule has 0 N–H and O–H groups in total. The van der Waals surface area contributed by atoms with Crippen LogP contribution in [0.25, 0.3) is 0 Å². The van der Waals surface area contributed by atoms with Crippen LogP contribution in [0.1, 0.15) is 52.9 Å². The fraction of sp³-hybridized carbons (Fsp3) is 0.714. The first-order valence-corrected chi connectivity index (χ1v) is 6.22. The van der Waals surface area contributed by atoms with Gasteiger partial charge in [0.05, 0.1) is 5.60 Å². The van der Waals surface area contributed by atoms with Crippen molar-refractivity contribution in [3.8, 4) is 0 Å². The quantitative estimate of drug-likeness (QED) is 0.593. The van der Waals surface area contributed by atoms with Gasteiger partial charge in [-0.05, 0) is 26.2 Å². The molecule has 0 aromatic rings. The number of hydrogen-bond donors (Lipinski definition) is 0. The summed E-state index contributed by atoms with van der Waals surface area (Å²) in [6.07, 6.45) is 12.6. The minimum absolute atomic E-state index is 0.0492. The van der Waals surface area contributed by atoms with Gasteiger partial charge in [-0.2, -0.15) is 0 Å². The molecule has 0 heterocycles. The highest BCUT2D eigenvalue weighted by atomic mass is 16.5. The molecule has 0 saturated heterocycles. The monoisotopic (exact) mass is 208 g/mol. The Hall–Kier alpha value is -0.560. The maximum Gasteiger partial charge on any atom is 0.0872 e. The molecule has 0 aromatic carbocycles. The zero-order chi connectivity index (χ0) is 11.1. The zero-order valence-corrected chi connectivity index (χ0v) is 10.4. The molecule has 1 nitrogen and oxygen atoms in total. The molecule has 15 heavy (non-hydrogen) atoms. The second-order valence-corrected chi connectivity index (χ2v) is 4.58. The van der Waals surface area contributed by atoms with E-state index in [0.29, 0.717) is 0 Å². The Morgan fingerprint density at radius 2 is 2.13 bits per heavy atom. The molecular weight excluding hydrogens is 184 g/mol. The van der Waals surface area contributed by atoms with Gasteiger partial charge in [-0.15, -0.1) is 0 Å². The first-order chi connectivity index (χ1) is 7.20. The highest BCUT2D eigenvalue weighted by Crippen LogP contribution is 2.26. The first kappa shape index (κ1) is 12.5. The van der Waals surface area contributed by atoms with Crippen molar-refractivity contribution in [3.05, 3.63) is 23.8 Å². The molecular formula is C14H24O. The predicted octanol–water partition coefficient (Wildman–Crippen LogP) is 4.25. The molecule has 1 rings (SSSR count). The number of rotatable bonds is 6. The highest BCUT2D eigenvalue weighted by Gasteiger charge is 2.22. The molecule has 0 aromatic heterocycles. The molecule has 1 atom stereocenters. The third kappa shape index (κ3) is 4.21. The van der Waals surface area contributed by atoms with E-state index < -0.39 is 0 Å². The topological polar surface area (TPSA) is 9.23 Å². The number of unbranched alkanes of at least 4 members (excludes halogenated alkanes) is 1. The minimum atomic E-state index is -0.0492. The van der Waals surface area contributed by atoms with Gasteiger partial charge < -0.3 is 4.74 Å². The number of ether oxygens (including phenoxy) is 1. The van der Waals surface area contributed by atoms with Crippen LogP contribution in [0.15, 0.2) is 23.8 Å². The van der Waals surface area contributed by atoms with E-state index in [4.69, 9.17) is 4.74 Å². The summed E-state index contributed by atoms with van der Waals surface area (Å²) in [5, 5.41) is 0. The van der Waals surface area contributed by atoms with Gasteiger partial charge in [-0.25, -0.2) is 0 Å². The van der Waals surface area contributed by atoms with Crippen LogP contribution in [0.4, 0.5) is 0 Å². The minimum Gasteiger partial charge on any atom is -0.371 e. The van der Waals surface area contributed by atoms with E-state index in [1.54, 1.807) is 0 Å². The SMILES string of the molecule is CCCCOC1(C)C=CC(CCC)=CC1. The largest absolute Gasteiger partial charge is 0.371 e.